The second-order valence-electron chi connectivity index (χ2n) is 7.73. The van der Waals surface area contributed by atoms with Crippen LogP contribution in [-0.2, 0) is 11.2 Å². The fourth-order valence-electron chi connectivity index (χ4n) is 4.18. The summed E-state index contributed by atoms with van der Waals surface area (Å²) >= 11 is 5.92. The summed E-state index contributed by atoms with van der Waals surface area (Å²) in [7, 11) is 0. The monoisotopic (exact) mass is 415 g/mol. The summed E-state index contributed by atoms with van der Waals surface area (Å²) in [5.41, 5.74) is 9.02. The van der Waals surface area contributed by atoms with E-state index in [4.69, 9.17) is 17.3 Å². The number of amidine groups is 1. The average molecular weight is 416 g/mol. The van der Waals surface area contributed by atoms with Crippen molar-refractivity contribution < 1.29 is 9.90 Å². The van der Waals surface area contributed by atoms with Crippen molar-refractivity contribution in [2.75, 3.05) is 26.3 Å². The topological polar surface area (TPSA) is 94.2 Å². The van der Waals surface area contributed by atoms with Crippen molar-refractivity contribution in [2.24, 2.45) is 10.7 Å². The lowest BCUT2D eigenvalue weighted by molar-refractivity contribution is -0.134. The highest BCUT2D eigenvalue weighted by Gasteiger charge is 2.34. The van der Waals surface area contributed by atoms with Crippen molar-refractivity contribution in [3.63, 3.8) is 0 Å². The molecule has 154 valence electrons. The van der Waals surface area contributed by atoms with E-state index in [9.17, 15) is 9.90 Å². The molecular formula is C21H26ClN5O2. The Morgan fingerprint density at radius 2 is 2.14 bits per heavy atom. The summed E-state index contributed by atoms with van der Waals surface area (Å²) in [4.78, 5) is 21.6. The van der Waals surface area contributed by atoms with Gasteiger partial charge in [-0.3, -0.25) is 4.79 Å². The van der Waals surface area contributed by atoms with Crippen LogP contribution in [-0.4, -0.2) is 65.0 Å². The number of rotatable bonds is 3. The highest BCUT2D eigenvalue weighted by molar-refractivity contribution is 6.30. The Morgan fingerprint density at radius 3 is 2.86 bits per heavy atom. The largest absolute Gasteiger partial charge is 0.506 e. The van der Waals surface area contributed by atoms with E-state index >= 15 is 0 Å². The maximum atomic E-state index is 12.9. The van der Waals surface area contributed by atoms with Crippen molar-refractivity contribution in [1.29, 1.82) is 0 Å². The summed E-state index contributed by atoms with van der Waals surface area (Å²) in [6.07, 6.45) is 2.97. The number of allylic oxidation sites excluding steroid dienone is 1. The van der Waals surface area contributed by atoms with Crippen LogP contribution in [0.1, 0.15) is 18.9 Å². The molecule has 1 aromatic rings. The molecule has 4 rings (SSSR count). The Balaban J connectivity index is 1.39. The Kier molecular flexibility index (Phi) is 5.52. The van der Waals surface area contributed by atoms with Gasteiger partial charge in [-0.15, -0.1) is 0 Å². The highest BCUT2D eigenvalue weighted by Crippen LogP contribution is 2.28. The van der Waals surface area contributed by atoms with Crippen LogP contribution >= 0.6 is 11.6 Å². The van der Waals surface area contributed by atoms with Gasteiger partial charge in [0.1, 0.15) is 18.3 Å². The van der Waals surface area contributed by atoms with Gasteiger partial charge in [-0.05, 0) is 37.1 Å². The molecule has 0 aromatic heterocycles. The van der Waals surface area contributed by atoms with Crippen LogP contribution in [0, 0.1) is 0 Å². The number of benzene rings is 1. The third-order valence-corrected chi connectivity index (χ3v) is 5.96. The molecule has 1 saturated heterocycles. The minimum absolute atomic E-state index is 0.0289. The second-order valence-corrected chi connectivity index (χ2v) is 8.16. The van der Waals surface area contributed by atoms with E-state index in [1.807, 2.05) is 29.2 Å². The number of halogens is 1. The number of nitrogens with one attached hydrogen (secondary N) is 1. The number of aliphatic imine (C=N–C) groups is 1. The molecule has 1 amide bonds. The number of nitrogens with zero attached hydrogens (tertiary/aromatic N) is 3. The average Bonchev–Trinajstić information content (AvgIpc) is 3.10. The molecule has 8 heteroatoms. The summed E-state index contributed by atoms with van der Waals surface area (Å²) in [5.74, 6) is 1.19. The number of amides is 1. The molecule has 2 heterocycles. The minimum atomic E-state index is -0.573. The summed E-state index contributed by atoms with van der Waals surface area (Å²) in [6, 6.07) is 6.98. The van der Waals surface area contributed by atoms with Crippen LogP contribution in [0.4, 0.5) is 0 Å². The molecule has 3 aliphatic rings. The normalized spacial score (nSPS) is 22.7. The number of carbonyl (C=O) groups excluding carboxylic acids is 1. The van der Waals surface area contributed by atoms with Gasteiger partial charge in [0.15, 0.2) is 0 Å². The molecule has 2 atom stereocenters. The van der Waals surface area contributed by atoms with Gasteiger partial charge in [-0.1, -0.05) is 23.7 Å². The number of hydrogen-bond donors (Lipinski definition) is 3. The summed E-state index contributed by atoms with van der Waals surface area (Å²) in [6.45, 7) is 4.44. The van der Waals surface area contributed by atoms with Crippen molar-refractivity contribution in [3.8, 4) is 0 Å². The van der Waals surface area contributed by atoms with E-state index in [1.54, 1.807) is 6.08 Å². The van der Waals surface area contributed by atoms with Crippen molar-refractivity contribution in [2.45, 2.75) is 31.8 Å². The van der Waals surface area contributed by atoms with Gasteiger partial charge in [0.25, 0.3) is 0 Å². The van der Waals surface area contributed by atoms with Crippen molar-refractivity contribution in [3.05, 3.63) is 58.0 Å². The Morgan fingerprint density at radius 1 is 1.38 bits per heavy atom. The van der Waals surface area contributed by atoms with E-state index in [-0.39, 0.29) is 11.9 Å². The third-order valence-electron chi connectivity index (χ3n) is 5.71. The maximum Gasteiger partial charge on any atom is 0.239 e. The van der Waals surface area contributed by atoms with Crippen LogP contribution in [0.5, 0.6) is 0 Å². The first-order valence-electron chi connectivity index (χ1n) is 9.91. The molecule has 1 aliphatic carbocycles. The lowest BCUT2D eigenvalue weighted by Gasteiger charge is -2.43. The molecule has 0 radical (unpaired) electrons. The Bertz CT molecular complexity index is 893. The molecule has 1 fully saturated rings. The van der Waals surface area contributed by atoms with Gasteiger partial charge in [0.05, 0.1) is 11.7 Å². The first-order chi connectivity index (χ1) is 13.9. The van der Waals surface area contributed by atoms with E-state index in [0.717, 1.165) is 22.7 Å². The molecule has 2 aliphatic heterocycles. The summed E-state index contributed by atoms with van der Waals surface area (Å²) in [5, 5.41) is 13.8. The van der Waals surface area contributed by atoms with E-state index < -0.39 is 6.04 Å². The fraction of sp³-hybridized carbons (Fsp3) is 0.429. The van der Waals surface area contributed by atoms with Crippen molar-refractivity contribution >= 4 is 23.3 Å². The van der Waals surface area contributed by atoms with Crippen LogP contribution in [0.25, 0.3) is 0 Å². The molecule has 0 bridgehead atoms. The number of hydrogen-bond acceptors (Lipinski definition) is 6. The fourth-order valence-corrected chi connectivity index (χ4v) is 4.31. The Hall–Kier alpha value is -2.51. The molecule has 7 nitrogen and oxygen atoms in total. The van der Waals surface area contributed by atoms with Crippen LogP contribution in [0.2, 0.25) is 5.02 Å². The van der Waals surface area contributed by atoms with Gasteiger partial charge in [0, 0.05) is 42.7 Å². The predicted molar refractivity (Wildman–Crippen MR) is 114 cm³/mol. The van der Waals surface area contributed by atoms with Gasteiger partial charge < -0.3 is 26.0 Å². The quantitative estimate of drug-likeness (QED) is 0.699. The highest BCUT2D eigenvalue weighted by atomic mass is 35.5. The third kappa shape index (κ3) is 3.97. The lowest BCUT2D eigenvalue weighted by atomic mass is 10.0. The van der Waals surface area contributed by atoms with E-state index in [1.165, 1.54) is 0 Å². The van der Waals surface area contributed by atoms with Gasteiger partial charge in [-0.2, -0.15) is 0 Å². The molecular weight excluding hydrogens is 390 g/mol. The predicted octanol–water partition coefficient (Wildman–Crippen LogP) is 1.80. The van der Waals surface area contributed by atoms with Crippen LogP contribution in [0.15, 0.2) is 52.4 Å². The minimum Gasteiger partial charge on any atom is -0.506 e. The van der Waals surface area contributed by atoms with E-state index in [0.29, 0.717) is 49.9 Å². The molecule has 4 N–H and O–H groups in total. The number of piperazine rings is 1. The van der Waals surface area contributed by atoms with Crippen LogP contribution in [0.3, 0.4) is 0 Å². The molecule has 1 aromatic carbocycles. The van der Waals surface area contributed by atoms with Gasteiger partial charge in [-0.25, -0.2) is 4.99 Å². The zero-order chi connectivity index (χ0) is 20.5. The first kappa shape index (κ1) is 19.8. The van der Waals surface area contributed by atoms with E-state index in [2.05, 4.69) is 22.1 Å². The number of aliphatic hydroxyl groups excluding tert-OH is 1. The standard InChI is InChI=1S/C21H26ClN5O2/c1-13-11-26(21(29)17(23)10-14-2-4-15(22)5-3-14)8-9-27(13)20-16-6-7-18(28)19(16)24-12-25-20/h2-5,7,13,17,24,28H,6,8-12,23H2,1H3. The Labute approximate surface area is 175 Å². The number of nitrogens with two attached hydrogens (primary N) is 1. The molecule has 0 spiro atoms. The molecule has 0 saturated carbocycles. The zero-order valence-electron chi connectivity index (χ0n) is 16.4. The number of carbonyl (C=O) groups is 1. The second kappa shape index (κ2) is 8.08. The maximum absolute atomic E-state index is 12.9. The van der Waals surface area contributed by atoms with Gasteiger partial charge in [0.2, 0.25) is 5.91 Å². The van der Waals surface area contributed by atoms with Crippen LogP contribution < -0.4 is 11.1 Å². The smallest absolute Gasteiger partial charge is 0.239 e. The van der Waals surface area contributed by atoms with Gasteiger partial charge >= 0.3 is 0 Å². The molecule has 2 unspecified atom stereocenters. The zero-order valence-corrected chi connectivity index (χ0v) is 17.2. The lowest BCUT2D eigenvalue weighted by Crippen LogP contribution is -2.59. The summed E-state index contributed by atoms with van der Waals surface area (Å²) < 4.78 is 0. The number of aliphatic hydroxyl groups is 1. The SMILES string of the molecule is CC1CN(C(=O)C(N)Cc2ccc(Cl)cc2)CCN1C1=NCNC2=C1CC=C2O. The van der Waals surface area contributed by atoms with Crippen molar-refractivity contribution in [1.82, 2.24) is 15.1 Å². The first-order valence-corrected chi connectivity index (χ1v) is 10.3. The molecule has 29 heavy (non-hydrogen) atoms.